The second kappa shape index (κ2) is 3.47. The monoisotopic (exact) mass is 211 g/mol. The van der Waals surface area contributed by atoms with E-state index in [2.05, 4.69) is 15.0 Å². The van der Waals surface area contributed by atoms with E-state index in [0.717, 1.165) is 16.1 Å². The van der Waals surface area contributed by atoms with Gasteiger partial charge in [-0.25, -0.2) is 15.0 Å². The Morgan fingerprint density at radius 1 is 1.23 bits per heavy atom. The molecule has 2 aromatic rings. The molecular formula is C8H6ClN3S. The molecule has 5 heteroatoms. The summed E-state index contributed by atoms with van der Waals surface area (Å²) < 4.78 is 0. The van der Waals surface area contributed by atoms with E-state index in [1.807, 2.05) is 18.4 Å². The van der Waals surface area contributed by atoms with Crippen LogP contribution in [0, 0.1) is 0 Å². The Morgan fingerprint density at radius 2 is 2.08 bits per heavy atom. The van der Waals surface area contributed by atoms with E-state index >= 15 is 0 Å². The topological polar surface area (TPSA) is 38.7 Å². The van der Waals surface area contributed by atoms with Crippen molar-refractivity contribution in [2.24, 2.45) is 0 Å². The maximum absolute atomic E-state index is 5.64. The lowest BCUT2D eigenvalue weighted by Crippen LogP contribution is -1.87. The normalized spacial score (nSPS) is 10.6. The van der Waals surface area contributed by atoms with Crippen molar-refractivity contribution in [3.8, 4) is 0 Å². The number of thioether (sulfide) groups is 1. The summed E-state index contributed by atoms with van der Waals surface area (Å²) in [6.07, 6.45) is 3.61. The molecule has 0 aliphatic carbocycles. The molecule has 0 fully saturated rings. The van der Waals surface area contributed by atoms with Crippen molar-refractivity contribution in [3.63, 3.8) is 0 Å². The molecule has 0 aliphatic heterocycles. The van der Waals surface area contributed by atoms with Crippen LogP contribution in [0.5, 0.6) is 0 Å². The van der Waals surface area contributed by atoms with Crippen molar-refractivity contribution in [2.75, 3.05) is 6.26 Å². The van der Waals surface area contributed by atoms with Crippen LogP contribution >= 0.6 is 23.4 Å². The quantitative estimate of drug-likeness (QED) is 0.536. The molecule has 2 heterocycles. The summed E-state index contributed by atoms with van der Waals surface area (Å²) in [7, 11) is 0. The highest BCUT2D eigenvalue weighted by Crippen LogP contribution is 2.16. The number of hydrogen-bond donors (Lipinski definition) is 0. The van der Waals surface area contributed by atoms with Crippen LogP contribution in [0.4, 0.5) is 0 Å². The van der Waals surface area contributed by atoms with E-state index < -0.39 is 0 Å². The third kappa shape index (κ3) is 1.73. The first kappa shape index (κ1) is 8.72. The maximum Gasteiger partial charge on any atom is 0.223 e. The van der Waals surface area contributed by atoms with Crippen LogP contribution in [-0.2, 0) is 0 Å². The van der Waals surface area contributed by atoms with Crippen LogP contribution < -0.4 is 0 Å². The van der Waals surface area contributed by atoms with Crippen LogP contribution in [0.15, 0.2) is 23.4 Å². The van der Waals surface area contributed by atoms with Crippen molar-refractivity contribution < 1.29 is 0 Å². The predicted octanol–water partition coefficient (Wildman–Crippen LogP) is 2.40. The van der Waals surface area contributed by atoms with Gasteiger partial charge in [0.1, 0.15) is 5.52 Å². The summed E-state index contributed by atoms with van der Waals surface area (Å²) in [5.41, 5.74) is 1.55. The van der Waals surface area contributed by atoms with E-state index in [9.17, 15) is 0 Å². The van der Waals surface area contributed by atoms with Crippen molar-refractivity contribution in [1.82, 2.24) is 15.0 Å². The smallest absolute Gasteiger partial charge is 0.223 e. The standard InChI is InChI=1S/C8H6ClN3S/c1-13-7-3-2-5-6(11-7)4-10-8(9)12-5/h2-4H,1H3. The van der Waals surface area contributed by atoms with Gasteiger partial charge < -0.3 is 0 Å². The second-order valence-corrected chi connectivity index (χ2v) is 3.56. The van der Waals surface area contributed by atoms with Crippen molar-refractivity contribution in [1.29, 1.82) is 0 Å². The Bertz CT molecular complexity index is 446. The maximum atomic E-state index is 5.64. The van der Waals surface area contributed by atoms with Gasteiger partial charge in [0, 0.05) is 0 Å². The fraction of sp³-hybridized carbons (Fsp3) is 0.125. The summed E-state index contributed by atoms with van der Waals surface area (Å²) in [4.78, 5) is 12.2. The summed E-state index contributed by atoms with van der Waals surface area (Å²) in [5, 5.41) is 1.21. The lowest BCUT2D eigenvalue weighted by atomic mass is 10.4. The molecule has 13 heavy (non-hydrogen) atoms. The molecule has 0 N–H and O–H groups in total. The highest BCUT2D eigenvalue weighted by molar-refractivity contribution is 7.98. The SMILES string of the molecule is CSc1ccc2nc(Cl)ncc2n1. The molecule has 0 saturated carbocycles. The Kier molecular flexibility index (Phi) is 2.33. The van der Waals surface area contributed by atoms with Gasteiger partial charge in [-0.15, -0.1) is 11.8 Å². The fourth-order valence-corrected chi connectivity index (χ4v) is 1.53. The molecule has 0 radical (unpaired) electrons. The Morgan fingerprint density at radius 3 is 2.85 bits per heavy atom. The number of fused-ring (bicyclic) bond motifs is 1. The van der Waals surface area contributed by atoms with Gasteiger partial charge in [-0.05, 0) is 30.0 Å². The Labute approximate surface area is 84.6 Å². The van der Waals surface area contributed by atoms with Crippen molar-refractivity contribution >= 4 is 34.4 Å². The molecular weight excluding hydrogens is 206 g/mol. The first-order chi connectivity index (χ1) is 6.29. The molecule has 0 aliphatic rings. The third-order valence-electron chi connectivity index (χ3n) is 1.59. The van der Waals surface area contributed by atoms with Crippen LogP contribution in [0.2, 0.25) is 5.28 Å². The molecule has 0 saturated heterocycles. The van der Waals surface area contributed by atoms with Gasteiger partial charge in [0.05, 0.1) is 16.7 Å². The zero-order chi connectivity index (χ0) is 9.26. The van der Waals surface area contributed by atoms with Gasteiger partial charge in [0.25, 0.3) is 0 Å². The molecule has 0 unspecified atom stereocenters. The molecule has 2 rings (SSSR count). The lowest BCUT2D eigenvalue weighted by molar-refractivity contribution is 1.14. The first-order valence-electron chi connectivity index (χ1n) is 3.63. The van der Waals surface area contributed by atoms with E-state index in [1.54, 1.807) is 18.0 Å². The number of halogens is 1. The van der Waals surface area contributed by atoms with Crippen molar-refractivity contribution in [3.05, 3.63) is 23.6 Å². The van der Waals surface area contributed by atoms with Crippen molar-refractivity contribution in [2.45, 2.75) is 5.03 Å². The Balaban J connectivity index is 2.66. The molecule has 66 valence electrons. The van der Waals surface area contributed by atoms with Gasteiger partial charge in [0.15, 0.2) is 0 Å². The van der Waals surface area contributed by atoms with Gasteiger partial charge >= 0.3 is 0 Å². The molecule has 0 bridgehead atoms. The van der Waals surface area contributed by atoms with Crippen LogP contribution in [0.25, 0.3) is 11.0 Å². The number of nitrogens with zero attached hydrogens (tertiary/aromatic N) is 3. The second-order valence-electron chi connectivity index (χ2n) is 2.40. The zero-order valence-corrected chi connectivity index (χ0v) is 8.43. The van der Waals surface area contributed by atoms with Gasteiger partial charge in [0.2, 0.25) is 5.28 Å². The average Bonchev–Trinajstić information content (AvgIpc) is 2.17. The number of pyridine rings is 1. The number of rotatable bonds is 1. The van der Waals surface area contributed by atoms with Gasteiger partial charge in [-0.1, -0.05) is 0 Å². The summed E-state index contributed by atoms with van der Waals surface area (Å²) >= 11 is 7.23. The highest BCUT2D eigenvalue weighted by atomic mass is 35.5. The minimum absolute atomic E-state index is 0.256. The van der Waals surface area contributed by atoms with E-state index in [0.29, 0.717) is 0 Å². The van der Waals surface area contributed by atoms with Crippen LogP contribution in [-0.4, -0.2) is 21.2 Å². The Hall–Kier alpha value is -0.870. The summed E-state index contributed by atoms with van der Waals surface area (Å²) in [6, 6.07) is 3.80. The van der Waals surface area contributed by atoms with Gasteiger partial charge in [-0.2, -0.15) is 0 Å². The minimum Gasteiger partial charge on any atom is -0.238 e. The van der Waals surface area contributed by atoms with E-state index in [4.69, 9.17) is 11.6 Å². The van der Waals surface area contributed by atoms with E-state index in [1.165, 1.54) is 0 Å². The summed E-state index contributed by atoms with van der Waals surface area (Å²) in [6.45, 7) is 0. The predicted molar refractivity (Wildman–Crippen MR) is 54.1 cm³/mol. The number of aromatic nitrogens is 3. The lowest BCUT2D eigenvalue weighted by Gasteiger charge is -1.98. The summed E-state index contributed by atoms with van der Waals surface area (Å²) in [5.74, 6) is 0. The minimum atomic E-state index is 0.256. The third-order valence-corrected chi connectivity index (χ3v) is 2.42. The first-order valence-corrected chi connectivity index (χ1v) is 5.23. The average molecular weight is 212 g/mol. The van der Waals surface area contributed by atoms with Gasteiger partial charge in [-0.3, -0.25) is 0 Å². The highest BCUT2D eigenvalue weighted by Gasteiger charge is 1.99. The van der Waals surface area contributed by atoms with E-state index in [-0.39, 0.29) is 5.28 Å². The largest absolute Gasteiger partial charge is 0.238 e. The molecule has 0 amide bonds. The molecule has 0 aromatic carbocycles. The zero-order valence-electron chi connectivity index (χ0n) is 6.86. The van der Waals surface area contributed by atoms with Crippen LogP contribution in [0.3, 0.4) is 0 Å². The molecule has 2 aromatic heterocycles. The number of hydrogen-bond acceptors (Lipinski definition) is 4. The van der Waals surface area contributed by atoms with Crippen LogP contribution in [0.1, 0.15) is 0 Å². The molecule has 3 nitrogen and oxygen atoms in total. The molecule has 0 spiro atoms. The molecule has 0 atom stereocenters. The fourth-order valence-electron chi connectivity index (χ4n) is 0.995.